The van der Waals surface area contributed by atoms with Crippen LogP contribution in [0.3, 0.4) is 0 Å². The van der Waals surface area contributed by atoms with Crippen molar-refractivity contribution in [2.45, 2.75) is 39.2 Å². The SMILES string of the molecule is C=CCN(C(=O)N1CCCCC1)C(C)C. The molecule has 1 saturated heterocycles. The molecule has 1 heterocycles. The number of likely N-dealkylation sites (tertiary alicyclic amines) is 1. The first kappa shape index (κ1) is 12.1. The van der Waals surface area contributed by atoms with E-state index in [4.69, 9.17) is 0 Å². The van der Waals surface area contributed by atoms with Crippen LogP contribution in [0.2, 0.25) is 0 Å². The Morgan fingerprint density at radius 1 is 1.40 bits per heavy atom. The van der Waals surface area contributed by atoms with Crippen molar-refractivity contribution in [1.82, 2.24) is 9.80 Å². The van der Waals surface area contributed by atoms with Crippen LogP contribution in [0.25, 0.3) is 0 Å². The summed E-state index contributed by atoms with van der Waals surface area (Å²) in [7, 11) is 0. The summed E-state index contributed by atoms with van der Waals surface area (Å²) in [5.41, 5.74) is 0. The van der Waals surface area contributed by atoms with Crippen LogP contribution in [0, 0.1) is 0 Å². The fourth-order valence-electron chi connectivity index (χ4n) is 1.92. The molecular weight excluding hydrogens is 188 g/mol. The van der Waals surface area contributed by atoms with Crippen molar-refractivity contribution < 1.29 is 4.79 Å². The summed E-state index contributed by atoms with van der Waals surface area (Å²) in [4.78, 5) is 16.0. The Hall–Kier alpha value is -0.990. The van der Waals surface area contributed by atoms with E-state index in [0.717, 1.165) is 25.9 Å². The van der Waals surface area contributed by atoms with Crippen LogP contribution < -0.4 is 0 Å². The molecule has 0 aliphatic carbocycles. The molecule has 1 fully saturated rings. The average Bonchev–Trinajstić information content (AvgIpc) is 2.26. The third-order valence-electron chi connectivity index (χ3n) is 2.82. The van der Waals surface area contributed by atoms with Crippen molar-refractivity contribution in [2.24, 2.45) is 0 Å². The molecule has 0 atom stereocenters. The lowest BCUT2D eigenvalue weighted by molar-refractivity contribution is 0.137. The number of carbonyl (C=O) groups is 1. The molecule has 3 nitrogen and oxygen atoms in total. The normalized spacial score (nSPS) is 16.6. The monoisotopic (exact) mass is 210 g/mol. The summed E-state index contributed by atoms with van der Waals surface area (Å²) < 4.78 is 0. The lowest BCUT2D eigenvalue weighted by Crippen LogP contribution is -2.48. The van der Waals surface area contributed by atoms with E-state index in [0.29, 0.717) is 6.54 Å². The molecule has 0 spiro atoms. The molecule has 3 heteroatoms. The maximum absolute atomic E-state index is 12.1. The van der Waals surface area contributed by atoms with Crippen molar-refractivity contribution in [3.05, 3.63) is 12.7 Å². The van der Waals surface area contributed by atoms with Crippen LogP contribution in [0.4, 0.5) is 4.79 Å². The number of hydrogen-bond donors (Lipinski definition) is 0. The predicted octanol–water partition coefficient (Wildman–Crippen LogP) is 2.49. The van der Waals surface area contributed by atoms with Gasteiger partial charge in [0.25, 0.3) is 0 Å². The van der Waals surface area contributed by atoms with Crippen LogP contribution in [0.1, 0.15) is 33.1 Å². The van der Waals surface area contributed by atoms with Crippen LogP contribution in [0.15, 0.2) is 12.7 Å². The van der Waals surface area contributed by atoms with Crippen LogP contribution in [0.5, 0.6) is 0 Å². The maximum atomic E-state index is 12.1. The number of urea groups is 1. The van der Waals surface area contributed by atoms with E-state index < -0.39 is 0 Å². The zero-order chi connectivity index (χ0) is 11.3. The summed E-state index contributed by atoms with van der Waals surface area (Å²) in [6.07, 6.45) is 5.34. The molecule has 86 valence electrons. The molecule has 2 amide bonds. The molecule has 0 aromatic rings. The molecule has 1 aliphatic heterocycles. The number of carbonyl (C=O) groups excluding carboxylic acids is 1. The number of piperidine rings is 1. The zero-order valence-corrected chi connectivity index (χ0v) is 9.91. The summed E-state index contributed by atoms with van der Waals surface area (Å²) in [6, 6.07) is 0.419. The molecule has 1 aliphatic rings. The highest BCUT2D eigenvalue weighted by molar-refractivity contribution is 5.75. The number of rotatable bonds is 3. The molecule has 1 rings (SSSR count). The first-order valence-corrected chi connectivity index (χ1v) is 5.83. The quantitative estimate of drug-likeness (QED) is 0.656. The van der Waals surface area contributed by atoms with Gasteiger partial charge in [0.15, 0.2) is 0 Å². The lowest BCUT2D eigenvalue weighted by atomic mass is 10.1. The van der Waals surface area contributed by atoms with E-state index in [9.17, 15) is 4.79 Å². The topological polar surface area (TPSA) is 23.6 Å². The van der Waals surface area contributed by atoms with Crippen LogP contribution in [-0.2, 0) is 0 Å². The smallest absolute Gasteiger partial charge is 0.320 e. The van der Waals surface area contributed by atoms with Crippen molar-refractivity contribution in [3.8, 4) is 0 Å². The molecule has 15 heavy (non-hydrogen) atoms. The minimum absolute atomic E-state index is 0.171. The minimum Gasteiger partial charge on any atom is -0.325 e. The molecule has 0 aromatic carbocycles. The maximum Gasteiger partial charge on any atom is 0.320 e. The second-order valence-corrected chi connectivity index (χ2v) is 4.37. The van der Waals surface area contributed by atoms with E-state index in [1.165, 1.54) is 6.42 Å². The third kappa shape index (κ3) is 3.26. The molecule has 0 radical (unpaired) electrons. The standard InChI is InChI=1S/C12H22N2O/c1-4-8-14(11(2)3)12(15)13-9-6-5-7-10-13/h4,11H,1,5-10H2,2-3H3. The van der Waals surface area contributed by atoms with Gasteiger partial charge in [-0.15, -0.1) is 6.58 Å². The van der Waals surface area contributed by atoms with Gasteiger partial charge in [0, 0.05) is 25.7 Å². The Labute approximate surface area is 92.7 Å². The Morgan fingerprint density at radius 2 is 2.00 bits per heavy atom. The van der Waals surface area contributed by atoms with Gasteiger partial charge in [0.05, 0.1) is 0 Å². The van der Waals surface area contributed by atoms with Crippen LogP contribution in [-0.4, -0.2) is 41.5 Å². The number of hydrogen-bond acceptors (Lipinski definition) is 1. The van der Waals surface area contributed by atoms with Gasteiger partial charge >= 0.3 is 6.03 Å². The molecule has 0 N–H and O–H groups in total. The summed E-state index contributed by atoms with van der Waals surface area (Å²) in [6.45, 7) is 10.3. The van der Waals surface area contributed by atoms with Gasteiger partial charge in [-0.1, -0.05) is 6.08 Å². The summed E-state index contributed by atoms with van der Waals surface area (Å²) in [5.74, 6) is 0. The van der Waals surface area contributed by atoms with E-state index in [2.05, 4.69) is 6.58 Å². The highest BCUT2D eigenvalue weighted by atomic mass is 16.2. The third-order valence-corrected chi connectivity index (χ3v) is 2.82. The second kappa shape index (κ2) is 5.79. The largest absolute Gasteiger partial charge is 0.325 e. The average molecular weight is 210 g/mol. The van der Waals surface area contributed by atoms with Crippen molar-refractivity contribution in [3.63, 3.8) is 0 Å². The van der Waals surface area contributed by atoms with E-state index >= 15 is 0 Å². The fourth-order valence-corrected chi connectivity index (χ4v) is 1.92. The molecule has 0 aromatic heterocycles. The zero-order valence-electron chi connectivity index (χ0n) is 9.91. The van der Waals surface area contributed by atoms with Gasteiger partial charge in [-0.2, -0.15) is 0 Å². The van der Waals surface area contributed by atoms with Gasteiger partial charge in [-0.3, -0.25) is 0 Å². The van der Waals surface area contributed by atoms with Crippen molar-refractivity contribution in [2.75, 3.05) is 19.6 Å². The first-order valence-electron chi connectivity index (χ1n) is 5.83. The number of nitrogens with zero attached hydrogens (tertiary/aromatic N) is 2. The Bertz CT molecular complexity index is 220. The lowest BCUT2D eigenvalue weighted by Gasteiger charge is -2.34. The van der Waals surface area contributed by atoms with Gasteiger partial charge in [0.2, 0.25) is 0 Å². The second-order valence-electron chi connectivity index (χ2n) is 4.37. The molecule has 0 unspecified atom stereocenters. The Balaban J connectivity index is 2.57. The molecular formula is C12H22N2O. The van der Waals surface area contributed by atoms with Gasteiger partial charge < -0.3 is 9.80 Å². The van der Waals surface area contributed by atoms with Crippen molar-refractivity contribution in [1.29, 1.82) is 0 Å². The van der Waals surface area contributed by atoms with Gasteiger partial charge in [0.1, 0.15) is 0 Å². The minimum atomic E-state index is 0.171. The molecule has 0 saturated carbocycles. The Morgan fingerprint density at radius 3 is 2.47 bits per heavy atom. The summed E-state index contributed by atoms with van der Waals surface area (Å²) >= 11 is 0. The first-order chi connectivity index (χ1) is 7.16. The fraction of sp³-hybridized carbons (Fsp3) is 0.750. The Kier molecular flexibility index (Phi) is 4.66. The number of amides is 2. The highest BCUT2D eigenvalue weighted by Gasteiger charge is 2.23. The van der Waals surface area contributed by atoms with Crippen molar-refractivity contribution >= 4 is 6.03 Å². The van der Waals surface area contributed by atoms with Gasteiger partial charge in [-0.25, -0.2) is 4.79 Å². The molecule has 0 bridgehead atoms. The van der Waals surface area contributed by atoms with E-state index in [1.807, 2.05) is 23.6 Å². The predicted molar refractivity (Wildman–Crippen MR) is 62.9 cm³/mol. The highest BCUT2D eigenvalue weighted by Crippen LogP contribution is 2.12. The van der Waals surface area contributed by atoms with Gasteiger partial charge in [-0.05, 0) is 33.1 Å². The summed E-state index contributed by atoms with van der Waals surface area (Å²) in [5, 5.41) is 0. The van der Waals surface area contributed by atoms with Crippen LogP contribution >= 0.6 is 0 Å². The van der Waals surface area contributed by atoms with E-state index in [-0.39, 0.29) is 12.1 Å². The van der Waals surface area contributed by atoms with E-state index in [1.54, 1.807) is 6.08 Å².